The maximum Gasteiger partial charge on any atom is 0.140 e. The van der Waals surface area contributed by atoms with Crippen molar-refractivity contribution in [2.24, 2.45) is 16.8 Å². The van der Waals surface area contributed by atoms with Crippen LogP contribution in [-0.4, -0.2) is 18.9 Å². The minimum absolute atomic E-state index is 0.0239. The van der Waals surface area contributed by atoms with Crippen LogP contribution in [0.25, 0.3) is 0 Å². The molecule has 6 heteroatoms. The van der Waals surface area contributed by atoms with Crippen molar-refractivity contribution >= 4 is 23.0 Å². The standard InChI is InChI=1S/C14H13ClN4O/c15-9-2-1-3-10(6-9)19-14(17)12(7-16)11-4-5-20-8-13(11)18-19/h1-3,6,11H,4-5,8,17H2. The molecular formula is C14H13ClN4O. The van der Waals surface area contributed by atoms with E-state index in [9.17, 15) is 5.26 Å². The Hall–Kier alpha value is -2.03. The first-order valence-electron chi connectivity index (χ1n) is 6.31. The van der Waals surface area contributed by atoms with Gasteiger partial charge < -0.3 is 10.5 Å². The number of halogens is 1. The SMILES string of the molecule is N#CC1=C(N)N(c2cccc(Cl)c2)N=C2COCCC21. The Morgan fingerprint density at radius 3 is 3.10 bits per heavy atom. The number of allylic oxidation sites excluding steroid dienone is 1. The molecule has 0 bridgehead atoms. The fraction of sp³-hybridized carbons (Fsp3) is 0.286. The summed E-state index contributed by atoms with van der Waals surface area (Å²) in [6.07, 6.45) is 0.742. The number of nitriles is 1. The Balaban J connectivity index is 2.07. The molecule has 1 saturated heterocycles. The quantitative estimate of drug-likeness (QED) is 0.860. The maximum absolute atomic E-state index is 9.38. The highest BCUT2D eigenvalue weighted by atomic mass is 35.5. The zero-order valence-electron chi connectivity index (χ0n) is 10.7. The van der Waals surface area contributed by atoms with Gasteiger partial charge in [-0.3, -0.25) is 0 Å². The van der Waals surface area contributed by atoms with Crippen LogP contribution in [0.3, 0.4) is 0 Å². The molecule has 0 amide bonds. The van der Waals surface area contributed by atoms with Gasteiger partial charge in [-0.1, -0.05) is 17.7 Å². The highest BCUT2D eigenvalue weighted by Crippen LogP contribution is 2.32. The number of nitrogens with zero attached hydrogens (tertiary/aromatic N) is 3. The smallest absolute Gasteiger partial charge is 0.140 e. The summed E-state index contributed by atoms with van der Waals surface area (Å²) in [5, 5.41) is 16.1. The molecule has 0 spiro atoms. The van der Waals surface area contributed by atoms with E-state index in [0.717, 1.165) is 17.8 Å². The molecule has 0 aliphatic carbocycles. The molecule has 20 heavy (non-hydrogen) atoms. The lowest BCUT2D eigenvalue weighted by Crippen LogP contribution is -2.39. The normalized spacial score (nSPS) is 22.1. The predicted molar refractivity (Wildman–Crippen MR) is 77.1 cm³/mol. The Kier molecular flexibility index (Phi) is 3.35. The van der Waals surface area contributed by atoms with E-state index in [-0.39, 0.29) is 5.92 Å². The minimum Gasteiger partial charge on any atom is -0.383 e. The van der Waals surface area contributed by atoms with Crippen molar-refractivity contribution < 1.29 is 4.74 Å². The lowest BCUT2D eigenvalue weighted by molar-refractivity contribution is 0.142. The van der Waals surface area contributed by atoms with Crippen molar-refractivity contribution in [1.82, 2.24) is 0 Å². The second-order valence-corrected chi connectivity index (χ2v) is 5.12. The number of rotatable bonds is 1. The van der Waals surface area contributed by atoms with Crippen molar-refractivity contribution in [3.63, 3.8) is 0 Å². The van der Waals surface area contributed by atoms with E-state index >= 15 is 0 Å². The van der Waals surface area contributed by atoms with Crippen LogP contribution in [0.1, 0.15) is 6.42 Å². The number of anilines is 1. The van der Waals surface area contributed by atoms with Gasteiger partial charge in [-0.15, -0.1) is 0 Å². The molecule has 1 unspecified atom stereocenters. The van der Waals surface area contributed by atoms with E-state index in [4.69, 9.17) is 22.1 Å². The van der Waals surface area contributed by atoms with Crippen LogP contribution >= 0.6 is 11.6 Å². The maximum atomic E-state index is 9.38. The summed E-state index contributed by atoms with van der Waals surface area (Å²) < 4.78 is 5.42. The predicted octanol–water partition coefficient (Wildman–Crippen LogP) is 2.25. The molecule has 1 aromatic rings. The monoisotopic (exact) mass is 288 g/mol. The van der Waals surface area contributed by atoms with Crippen molar-refractivity contribution in [2.45, 2.75) is 6.42 Å². The van der Waals surface area contributed by atoms with Crippen molar-refractivity contribution in [1.29, 1.82) is 5.26 Å². The first-order valence-corrected chi connectivity index (χ1v) is 6.69. The molecule has 2 aliphatic heterocycles. The summed E-state index contributed by atoms with van der Waals surface area (Å²) in [7, 11) is 0. The van der Waals surface area contributed by atoms with Crippen LogP contribution in [0.4, 0.5) is 5.69 Å². The molecule has 2 N–H and O–H groups in total. The number of fused-ring (bicyclic) bond motifs is 1. The average molecular weight is 289 g/mol. The Bertz CT molecular complexity index is 647. The van der Waals surface area contributed by atoms with Gasteiger partial charge >= 0.3 is 0 Å². The van der Waals surface area contributed by atoms with E-state index < -0.39 is 0 Å². The van der Waals surface area contributed by atoms with E-state index in [1.54, 1.807) is 17.1 Å². The fourth-order valence-corrected chi connectivity index (χ4v) is 2.65. The number of hydrogen-bond donors (Lipinski definition) is 1. The van der Waals surface area contributed by atoms with E-state index in [1.165, 1.54) is 0 Å². The summed E-state index contributed by atoms with van der Waals surface area (Å²) in [5.41, 5.74) is 8.24. The molecule has 1 aromatic carbocycles. The third-order valence-electron chi connectivity index (χ3n) is 3.46. The van der Waals surface area contributed by atoms with Gasteiger partial charge in [-0.05, 0) is 24.6 Å². The number of hydrazone groups is 1. The largest absolute Gasteiger partial charge is 0.383 e. The Labute approximate surface area is 121 Å². The molecule has 0 saturated carbocycles. The van der Waals surface area contributed by atoms with Gasteiger partial charge in [-0.25, -0.2) is 5.01 Å². The molecule has 1 fully saturated rings. The topological polar surface area (TPSA) is 74.6 Å². The number of ether oxygens (including phenoxy) is 1. The molecule has 2 heterocycles. The van der Waals surface area contributed by atoms with Gasteiger partial charge in [0, 0.05) is 17.5 Å². The Morgan fingerprint density at radius 2 is 2.35 bits per heavy atom. The fourth-order valence-electron chi connectivity index (χ4n) is 2.47. The van der Waals surface area contributed by atoms with Gasteiger partial charge in [-0.2, -0.15) is 10.4 Å². The molecule has 0 radical (unpaired) electrons. The summed E-state index contributed by atoms with van der Waals surface area (Å²) in [6, 6.07) is 9.42. The van der Waals surface area contributed by atoms with Crippen LogP contribution in [-0.2, 0) is 4.74 Å². The third kappa shape index (κ3) is 2.13. The molecule has 1 atom stereocenters. The van der Waals surface area contributed by atoms with Gasteiger partial charge in [0.1, 0.15) is 5.82 Å². The lowest BCUT2D eigenvalue weighted by Gasteiger charge is -2.33. The molecule has 0 aromatic heterocycles. The molecular weight excluding hydrogens is 276 g/mol. The molecule has 102 valence electrons. The van der Waals surface area contributed by atoms with Gasteiger partial charge in [0.05, 0.1) is 29.6 Å². The van der Waals surface area contributed by atoms with Crippen LogP contribution in [0, 0.1) is 17.2 Å². The van der Waals surface area contributed by atoms with Crippen molar-refractivity contribution in [3.8, 4) is 6.07 Å². The first-order chi connectivity index (χ1) is 9.70. The van der Waals surface area contributed by atoms with Crippen molar-refractivity contribution in [3.05, 3.63) is 40.7 Å². The summed E-state index contributed by atoms with van der Waals surface area (Å²) in [5.74, 6) is 0.342. The second kappa shape index (κ2) is 5.16. The van der Waals surface area contributed by atoms with Gasteiger partial charge in [0.2, 0.25) is 0 Å². The van der Waals surface area contributed by atoms with Crippen molar-refractivity contribution in [2.75, 3.05) is 18.2 Å². The highest BCUT2D eigenvalue weighted by Gasteiger charge is 2.33. The van der Waals surface area contributed by atoms with Crippen LogP contribution in [0.2, 0.25) is 5.02 Å². The van der Waals surface area contributed by atoms with Crippen LogP contribution in [0.15, 0.2) is 40.8 Å². The summed E-state index contributed by atoms with van der Waals surface area (Å²) >= 11 is 6.00. The summed E-state index contributed by atoms with van der Waals surface area (Å²) in [4.78, 5) is 0. The van der Waals surface area contributed by atoms with Gasteiger partial charge in [0.25, 0.3) is 0 Å². The summed E-state index contributed by atoms with van der Waals surface area (Å²) in [6.45, 7) is 1.06. The van der Waals surface area contributed by atoms with E-state index in [1.807, 2.05) is 12.1 Å². The average Bonchev–Trinajstić information content (AvgIpc) is 2.46. The molecule has 5 nitrogen and oxygen atoms in total. The zero-order valence-corrected chi connectivity index (χ0v) is 11.5. The van der Waals surface area contributed by atoms with Gasteiger partial charge in [0.15, 0.2) is 0 Å². The lowest BCUT2D eigenvalue weighted by atomic mass is 9.89. The minimum atomic E-state index is -0.0239. The van der Waals surface area contributed by atoms with Crippen LogP contribution in [0.5, 0.6) is 0 Å². The molecule has 3 rings (SSSR count). The van der Waals surface area contributed by atoms with Crippen LogP contribution < -0.4 is 10.7 Å². The number of benzene rings is 1. The zero-order chi connectivity index (χ0) is 14.1. The first kappa shape index (κ1) is 13.0. The second-order valence-electron chi connectivity index (χ2n) is 4.69. The van der Waals surface area contributed by atoms with E-state index in [0.29, 0.717) is 29.6 Å². The number of nitrogens with two attached hydrogens (primary N) is 1. The third-order valence-corrected chi connectivity index (χ3v) is 3.69. The molecule has 2 aliphatic rings. The van der Waals surface area contributed by atoms with E-state index in [2.05, 4.69) is 11.2 Å². The number of hydrogen-bond acceptors (Lipinski definition) is 5. The Morgan fingerprint density at radius 1 is 1.50 bits per heavy atom. The highest BCUT2D eigenvalue weighted by molar-refractivity contribution is 6.30.